The van der Waals surface area contributed by atoms with E-state index in [2.05, 4.69) is 5.32 Å². The van der Waals surface area contributed by atoms with Crippen LogP contribution in [0, 0.1) is 0 Å². The van der Waals surface area contributed by atoms with Crippen LogP contribution >= 0.6 is 0 Å². The Labute approximate surface area is 165 Å². The third kappa shape index (κ3) is 5.50. The van der Waals surface area contributed by atoms with Crippen LogP contribution < -0.4 is 19.5 Å². The van der Waals surface area contributed by atoms with Gasteiger partial charge in [-0.2, -0.15) is 0 Å². The van der Waals surface area contributed by atoms with Gasteiger partial charge in [-0.25, -0.2) is 0 Å². The Morgan fingerprint density at radius 1 is 1.14 bits per heavy atom. The third-order valence-electron chi connectivity index (χ3n) is 4.42. The number of hydrogen-bond donors (Lipinski definition) is 1. The highest BCUT2D eigenvalue weighted by Gasteiger charge is 2.15. The number of carbonyl (C=O) groups excluding carboxylic acids is 1. The first-order valence-corrected chi connectivity index (χ1v) is 9.23. The molecule has 1 saturated heterocycles. The molecule has 0 saturated carbocycles. The Balaban J connectivity index is 1.52. The maximum absolute atomic E-state index is 12.1. The molecule has 6 nitrogen and oxygen atoms in total. The molecule has 28 heavy (non-hydrogen) atoms. The average Bonchev–Trinajstić information content (AvgIpc) is 3.25. The first kappa shape index (κ1) is 19.8. The second-order valence-corrected chi connectivity index (χ2v) is 6.41. The molecule has 0 radical (unpaired) electrons. The van der Waals surface area contributed by atoms with Crippen molar-refractivity contribution >= 4 is 17.7 Å². The van der Waals surface area contributed by atoms with Gasteiger partial charge in [0.15, 0.2) is 11.5 Å². The number of carbonyl (C=O) groups is 1. The van der Waals surface area contributed by atoms with Crippen molar-refractivity contribution in [1.82, 2.24) is 0 Å². The SMILES string of the molecule is COc1ccc(/C=C/C(=O)Nc2ccc(OC[C@@H]3CCCO3)cc2)cc1OC. The monoisotopic (exact) mass is 383 g/mol. The van der Waals surface area contributed by atoms with Gasteiger partial charge in [-0.3, -0.25) is 4.79 Å². The van der Waals surface area contributed by atoms with E-state index < -0.39 is 0 Å². The number of amides is 1. The summed E-state index contributed by atoms with van der Waals surface area (Å²) >= 11 is 0. The maximum atomic E-state index is 12.1. The van der Waals surface area contributed by atoms with E-state index in [1.54, 1.807) is 26.4 Å². The molecule has 0 bridgehead atoms. The van der Waals surface area contributed by atoms with Gasteiger partial charge in [0.05, 0.1) is 20.3 Å². The van der Waals surface area contributed by atoms with E-state index in [0.717, 1.165) is 30.8 Å². The Kier molecular flexibility index (Phi) is 6.92. The first-order chi connectivity index (χ1) is 13.7. The molecule has 1 aliphatic heterocycles. The molecular weight excluding hydrogens is 358 g/mol. The second-order valence-electron chi connectivity index (χ2n) is 6.41. The number of ether oxygens (including phenoxy) is 4. The molecule has 1 amide bonds. The van der Waals surface area contributed by atoms with Gasteiger partial charge < -0.3 is 24.3 Å². The molecule has 1 atom stereocenters. The van der Waals surface area contributed by atoms with Gasteiger partial charge in [-0.05, 0) is 60.9 Å². The minimum Gasteiger partial charge on any atom is -0.493 e. The first-order valence-electron chi connectivity index (χ1n) is 9.23. The molecule has 0 unspecified atom stereocenters. The van der Waals surface area contributed by atoms with Gasteiger partial charge in [0.1, 0.15) is 12.4 Å². The van der Waals surface area contributed by atoms with Crippen LogP contribution in [-0.2, 0) is 9.53 Å². The predicted molar refractivity (Wildman–Crippen MR) is 108 cm³/mol. The summed E-state index contributed by atoms with van der Waals surface area (Å²) in [6.45, 7) is 1.37. The summed E-state index contributed by atoms with van der Waals surface area (Å²) in [4.78, 5) is 12.1. The smallest absolute Gasteiger partial charge is 0.248 e. The summed E-state index contributed by atoms with van der Waals surface area (Å²) in [5.74, 6) is 1.80. The van der Waals surface area contributed by atoms with Crippen LogP contribution in [0.2, 0.25) is 0 Å². The molecule has 1 heterocycles. The fraction of sp³-hybridized carbons (Fsp3) is 0.318. The molecule has 3 rings (SSSR count). The lowest BCUT2D eigenvalue weighted by Gasteiger charge is -2.11. The molecule has 2 aromatic carbocycles. The fourth-order valence-corrected chi connectivity index (χ4v) is 2.91. The molecule has 148 valence electrons. The zero-order valence-electron chi connectivity index (χ0n) is 16.1. The van der Waals surface area contributed by atoms with Crippen molar-refractivity contribution in [2.75, 3.05) is 32.8 Å². The normalized spacial score (nSPS) is 16.1. The van der Waals surface area contributed by atoms with Gasteiger partial charge in [-0.1, -0.05) is 6.07 Å². The van der Waals surface area contributed by atoms with Crippen molar-refractivity contribution in [3.05, 3.63) is 54.1 Å². The van der Waals surface area contributed by atoms with Crippen molar-refractivity contribution in [2.24, 2.45) is 0 Å². The molecule has 0 spiro atoms. The van der Waals surface area contributed by atoms with Crippen LogP contribution in [0.1, 0.15) is 18.4 Å². The van der Waals surface area contributed by atoms with E-state index in [9.17, 15) is 4.79 Å². The topological polar surface area (TPSA) is 66.0 Å². The van der Waals surface area contributed by atoms with Crippen LogP contribution in [0.25, 0.3) is 6.08 Å². The van der Waals surface area contributed by atoms with Crippen LogP contribution in [0.4, 0.5) is 5.69 Å². The highest BCUT2D eigenvalue weighted by molar-refractivity contribution is 6.01. The molecule has 0 aromatic heterocycles. The fourth-order valence-electron chi connectivity index (χ4n) is 2.91. The van der Waals surface area contributed by atoms with E-state index in [0.29, 0.717) is 23.8 Å². The lowest BCUT2D eigenvalue weighted by atomic mass is 10.2. The minimum absolute atomic E-state index is 0.182. The largest absolute Gasteiger partial charge is 0.493 e. The Morgan fingerprint density at radius 2 is 1.93 bits per heavy atom. The van der Waals surface area contributed by atoms with E-state index in [-0.39, 0.29) is 12.0 Å². The molecule has 6 heteroatoms. The predicted octanol–water partition coefficient (Wildman–Crippen LogP) is 3.91. The number of benzene rings is 2. The summed E-state index contributed by atoms with van der Waals surface area (Å²) < 4.78 is 21.7. The number of nitrogens with one attached hydrogen (secondary N) is 1. The van der Waals surface area contributed by atoms with Crippen molar-refractivity contribution in [1.29, 1.82) is 0 Å². The van der Waals surface area contributed by atoms with E-state index >= 15 is 0 Å². The zero-order valence-corrected chi connectivity index (χ0v) is 16.1. The summed E-state index contributed by atoms with van der Waals surface area (Å²) in [5.41, 5.74) is 1.54. The van der Waals surface area contributed by atoms with Crippen LogP contribution in [0.5, 0.6) is 17.2 Å². The molecular formula is C22H25NO5. The van der Waals surface area contributed by atoms with E-state index in [1.807, 2.05) is 36.4 Å². The molecule has 1 aliphatic rings. The minimum atomic E-state index is -0.220. The molecule has 0 aliphatic carbocycles. The second kappa shape index (κ2) is 9.80. The summed E-state index contributed by atoms with van der Waals surface area (Å²) in [6.07, 6.45) is 5.51. The van der Waals surface area contributed by atoms with Crippen molar-refractivity contribution in [2.45, 2.75) is 18.9 Å². The van der Waals surface area contributed by atoms with Crippen molar-refractivity contribution in [3.8, 4) is 17.2 Å². The van der Waals surface area contributed by atoms with Gasteiger partial charge in [0, 0.05) is 18.4 Å². The Bertz CT molecular complexity index is 810. The van der Waals surface area contributed by atoms with E-state index in [1.165, 1.54) is 6.08 Å². The zero-order chi connectivity index (χ0) is 19.8. The Morgan fingerprint density at radius 3 is 2.61 bits per heavy atom. The summed E-state index contributed by atoms with van der Waals surface area (Å²) in [5, 5.41) is 2.83. The van der Waals surface area contributed by atoms with Crippen LogP contribution in [0.3, 0.4) is 0 Å². The van der Waals surface area contributed by atoms with Crippen molar-refractivity contribution < 1.29 is 23.7 Å². The van der Waals surface area contributed by atoms with Gasteiger partial charge in [-0.15, -0.1) is 0 Å². The van der Waals surface area contributed by atoms with Crippen LogP contribution in [-0.4, -0.2) is 39.4 Å². The number of hydrogen-bond acceptors (Lipinski definition) is 5. The molecule has 1 fully saturated rings. The van der Waals surface area contributed by atoms with E-state index in [4.69, 9.17) is 18.9 Å². The van der Waals surface area contributed by atoms with Crippen LogP contribution in [0.15, 0.2) is 48.5 Å². The average molecular weight is 383 g/mol. The summed E-state index contributed by atoms with van der Waals surface area (Å²) in [6, 6.07) is 12.8. The quantitative estimate of drug-likeness (QED) is 0.700. The highest BCUT2D eigenvalue weighted by Crippen LogP contribution is 2.28. The maximum Gasteiger partial charge on any atom is 0.248 e. The Hall–Kier alpha value is -2.99. The van der Waals surface area contributed by atoms with Gasteiger partial charge in [0.2, 0.25) is 5.91 Å². The third-order valence-corrected chi connectivity index (χ3v) is 4.42. The number of methoxy groups -OCH3 is 2. The summed E-state index contributed by atoms with van der Waals surface area (Å²) in [7, 11) is 3.16. The molecule has 1 N–H and O–H groups in total. The van der Waals surface area contributed by atoms with Crippen molar-refractivity contribution in [3.63, 3.8) is 0 Å². The highest BCUT2D eigenvalue weighted by atomic mass is 16.5. The number of anilines is 1. The van der Waals surface area contributed by atoms with Gasteiger partial charge in [0.25, 0.3) is 0 Å². The lowest BCUT2D eigenvalue weighted by molar-refractivity contribution is -0.111. The number of rotatable bonds is 8. The standard InChI is InChI=1S/C22H25NO5/c1-25-20-11-5-16(14-21(20)26-2)6-12-22(24)23-17-7-9-18(10-8-17)28-15-19-4-3-13-27-19/h5-12,14,19H,3-4,13,15H2,1-2H3,(H,23,24)/b12-6+/t19-/m0/s1. The van der Waals surface area contributed by atoms with Gasteiger partial charge >= 0.3 is 0 Å². The lowest BCUT2D eigenvalue weighted by Crippen LogP contribution is -2.16. The molecule has 2 aromatic rings.